The lowest BCUT2D eigenvalue weighted by molar-refractivity contribution is -0.147. The summed E-state index contributed by atoms with van der Waals surface area (Å²) in [7, 11) is 1.95. The molecule has 27 heavy (non-hydrogen) atoms. The number of piperazine rings is 1. The number of nitrogens with zero attached hydrogens (tertiary/aromatic N) is 2. The van der Waals surface area contributed by atoms with Crippen LogP contribution >= 0.6 is 0 Å². The summed E-state index contributed by atoms with van der Waals surface area (Å²) in [6.45, 7) is 3.40. The van der Waals surface area contributed by atoms with E-state index in [0.717, 1.165) is 17.8 Å². The smallest absolute Gasteiger partial charge is 0.328 e. The Morgan fingerprint density at radius 3 is 2.56 bits per heavy atom. The zero-order valence-corrected chi connectivity index (χ0v) is 15.2. The molecular weight excluding hydrogens is 350 g/mol. The van der Waals surface area contributed by atoms with Gasteiger partial charge in [-0.2, -0.15) is 0 Å². The molecule has 0 aliphatic carbocycles. The molecule has 3 heterocycles. The molecule has 2 fully saturated rings. The van der Waals surface area contributed by atoms with Crippen LogP contribution in [0, 0.1) is 5.41 Å². The summed E-state index contributed by atoms with van der Waals surface area (Å²) < 4.78 is 0. The number of carbonyl (C=O) groups is 4. The fraction of sp³-hybridized carbons (Fsp3) is 0.444. The number of fused-ring (bicyclic) bond motifs is 4. The summed E-state index contributed by atoms with van der Waals surface area (Å²) in [5.74, 6) is -1.34. The molecule has 5 amide bonds. The van der Waals surface area contributed by atoms with Crippen LogP contribution in [-0.2, 0) is 20.8 Å². The molecule has 9 heteroatoms. The van der Waals surface area contributed by atoms with E-state index < -0.39 is 23.3 Å². The van der Waals surface area contributed by atoms with Gasteiger partial charge >= 0.3 is 6.03 Å². The lowest BCUT2D eigenvalue weighted by Gasteiger charge is -2.53. The fourth-order valence-corrected chi connectivity index (χ4v) is 4.36. The number of carbonyl (C=O) groups excluding carboxylic acids is 4. The molecule has 142 valence electrons. The number of likely N-dealkylation sites (N-methyl/N-ethyl adjacent to an activating group) is 1. The Hall–Kier alpha value is -2.94. The molecule has 3 aliphatic rings. The van der Waals surface area contributed by atoms with Crippen LogP contribution in [0.3, 0.4) is 0 Å². The average Bonchev–Trinajstić information content (AvgIpc) is 2.58. The highest BCUT2D eigenvalue weighted by atomic mass is 16.2. The normalized spacial score (nSPS) is 24.0. The van der Waals surface area contributed by atoms with Crippen molar-refractivity contribution in [1.82, 2.24) is 15.5 Å². The van der Waals surface area contributed by atoms with Crippen molar-refractivity contribution in [3.05, 3.63) is 23.8 Å². The van der Waals surface area contributed by atoms with Gasteiger partial charge in [0.25, 0.3) is 0 Å². The van der Waals surface area contributed by atoms with E-state index in [1.165, 1.54) is 6.92 Å². The van der Waals surface area contributed by atoms with Crippen LogP contribution in [0.1, 0.15) is 12.5 Å². The summed E-state index contributed by atoms with van der Waals surface area (Å²) in [5.41, 5.74) is 0.952. The minimum absolute atomic E-state index is 0.162. The molecule has 0 bridgehead atoms. The Morgan fingerprint density at radius 1 is 1.19 bits per heavy atom. The molecule has 1 aromatic carbocycles. The summed E-state index contributed by atoms with van der Waals surface area (Å²) >= 11 is 0. The first kappa shape index (κ1) is 17.5. The van der Waals surface area contributed by atoms with E-state index in [1.54, 1.807) is 6.07 Å². The van der Waals surface area contributed by atoms with Crippen LogP contribution < -0.4 is 20.9 Å². The van der Waals surface area contributed by atoms with Gasteiger partial charge in [0.15, 0.2) is 5.41 Å². The van der Waals surface area contributed by atoms with E-state index in [-0.39, 0.29) is 18.4 Å². The maximum atomic E-state index is 12.9. The number of rotatable bonds is 1. The van der Waals surface area contributed by atoms with Crippen LogP contribution in [0.4, 0.5) is 16.2 Å². The number of nitrogens with one attached hydrogen (secondary N) is 3. The minimum atomic E-state index is -1.40. The first-order chi connectivity index (χ1) is 12.8. The third kappa shape index (κ3) is 2.66. The minimum Gasteiger partial charge on any atom is -0.364 e. The van der Waals surface area contributed by atoms with E-state index in [0.29, 0.717) is 18.8 Å². The molecule has 0 aromatic heterocycles. The second kappa shape index (κ2) is 6.05. The number of imide groups is 2. The molecule has 0 unspecified atom stereocenters. The van der Waals surface area contributed by atoms with Crippen molar-refractivity contribution in [2.45, 2.75) is 19.4 Å². The molecule has 2 saturated heterocycles. The topological polar surface area (TPSA) is 111 Å². The average molecular weight is 371 g/mol. The van der Waals surface area contributed by atoms with Gasteiger partial charge < -0.3 is 15.1 Å². The van der Waals surface area contributed by atoms with Crippen molar-refractivity contribution < 1.29 is 19.2 Å². The number of anilines is 2. The van der Waals surface area contributed by atoms with Gasteiger partial charge in [0, 0.05) is 37.9 Å². The van der Waals surface area contributed by atoms with Gasteiger partial charge in [-0.15, -0.1) is 0 Å². The van der Waals surface area contributed by atoms with E-state index in [9.17, 15) is 19.2 Å². The molecule has 0 radical (unpaired) electrons. The van der Waals surface area contributed by atoms with Gasteiger partial charge in [0.2, 0.25) is 17.7 Å². The number of amides is 5. The lowest BCUT2D eigenvalue weighted by atomic mass is 9.68. The molecule has 4 rings (SSSR count). The second-order valence-electron chi connectivity index (χ2n) is 7.38. The number of barbiturate groups is 1. The largest absolute Gasteiger partial charge is 0.364 e. The molecule has 1 spiro atoms. The van der Waals surface area contributed by atoms with Crippen LogP contribution in [0.25, 0.3) is 0 Å². The second-order valence-corrected chi connectivity index (χ2v) is 7.38. The first-order valence-electron chi connectivity index (χ1n) is 8.84. The summed E-state index contributed by atoms with van der Waals surface area (Å²) in [6, 6.07) is 4.35. The Kier molecular flexibility index (Phi) is 3.92. The Morgan fingerprint density at radius 2 is 1.89 bits per heavy atom. The molecule has 1 aromatic rings. The maximum Gasteiger partial charge on any atom is 0.328 e. The molecule has 3 N–H and O–H groups in total. The predicted molar refractivity (Wildman–Crippen MR) is 97.2 cm³/mol. The van der Waals surface area contributed by atoms with Gasteiger partial charge in [-0.05, 0) is 37.2 Å². The quantitative estimate of drug-likeness (QED) is 0.583. The third-order valence-electron chi connectivity index (χ3n) is 5.60. The summed E-state index contributed by atoms with van der Waals surface area (Å²) in [5, 5.41) is 7.28. The third-order valence-corrected chi connectivity index (χ3v) is 5.60. The molecular formula is C18H21N5O4. The van der Waals surface area contributed by atoms with Crippen LogP contribution in [0.5, 0.6) is 0 Å². The van der Waals surface area contributed by atoms with Crippen LogP contribution in [0.15, 0.2) is 18.2 Å². The highest BCUT2D eigenvalue weighted by Crippen LogP contribution is 2.44. The Balaban J connectivity index is 1.83. The molecule has 3 aliphatic heterocycles. The van der Waals surface area contributed by atoms with E-state index in [2.05, 4.69) is 25.8 Å². The summed E-state index contributed by atoms with van der Waals surface area (Å²) in [4.78, 5) is 53.0. The van der Waals surface area contributed by atoms with Crippen molar-refractivity contribution in [2.75, 3.05) is 36.9 Å². The van der Waals surface area contributed by atoms with Crippen molar-refractivity contribution in [3.63, 3.8) is 0 Å². The van der Waals surface area contributed by atoms with Gasteiger partial charge in [0.05, 0.1) is 6.04 Å². The highest BCUT2D eigenvalue weighted by molar-refractivity contribution is 6.20. The molecule has 1 atom stereocenters. The number of hydrogen-bond acceptors (Lipinski definition) is 6. The van der Waals surface area contributed by atoms with Gasteiger partial charge in [0.1, 0.15) is 0 Å². The van der Waals surface area contributed by atoms with E-state index in [1.807, 2.05) is 19.2 Å². The van der Waals surface area contributed by atoms with Crippen molar-refractivity contribution >= 4 is 35.1 Å². The van der Waals surface area contributed by atoms with E-state index >= 15 is 0 Å². The number of urea groups is 1. The summed E-state index contributed by atoms with van der Waals surface area (Å²) in [6.07, 6.45) is 0.162. The van der Waals surface area contributed by atoms with Crippen molar-refractivity contribution in [3.8, 4) is 0 Å². The zero-order valence-electron chi connectivity index (χ0n) is 15.2. The number of hydrogen-bond donors (Lipinski definition) is 3. The predicted octanol–water partition coefficient (Wildman–Crippen LogP) is -0.326. The van der Waals surface area contributed by atoms with Crippen LogP contribution in [-0.4, -0.2) is 61.4 Å². The maximum absolute atomic E-state index is 12.9. The highest BCUT2D eigenvalue weighted by Gasteiger charge is 2.60. The molecule has 0 saturated carbocycles. The van der Waals surface area contributed by atoms with Crippen LogP contribution in [0.2, 0.25) is 0 Å². The monoisotopic (exact) mass is 371 g/mol. The molecule has 9 nitrogen and oxygen atoms in total. The van der Waals surface area contributed by atoms with E-state index in [4.69, 9.17) is 0 Å². The van der Waals surface area contributed by atoms with Crippen molar-refractivity contribution in [1.29, 1.82) is 0 Å². The standard InChI is InChI=1S/C18H21N5O4/c1-10(24)19-12-3-4-13-11(7-12)8-18(14-9-22(2)5-6-23(13)14)15(25)20-17(27)21-16(18)26/h3-4,7,14H,5-6,8-9H2,1-2H3,(H,19,24)(H2,20,21,25,26,27)/t14-/m0/s1. The Labute approximate surface area is 156 Å². The Bertz CT molecular complexity index is 847. The lowest BCUT2D eigenvalue weighted by Crippen LogP contribution is -2.74. The van der Waals surface area contributed by atoms with Gasteiger partial charge in [-0.3, -0.25) is 25.0 Å². The first-order valence-corrected chi connectivity index (χ1v) is 8.84. The number of benzene rings is 1. The van der Waals surface area contributed by atoms with Gasteiger partial charge in [-0.1, -0.05) is 0 Å². The SMILES string of the molecule is CC(=O)Nc1ccc2c(c1)CC1(C(=O)NC(=O)NC1=O)[C@@H]1CN(C)CCN21. The zero-order chi connectivity index (χ0) is 19.3. The fourth-order valence-electron chi connectivity index (χ4n) is 4.36. The van der Waals surface area contributed by atoms with Gasteiger partial charge in [-0.25, -0.2) is 4.79 Å². The van der Waals surface area contributed by atoms with Crippen molar-refractivity contribution in [2.24, 2.45) is 5.41 Å².